The molecule has 0 N–H and O–H groups in total. The molecule has 128 valence electrons. The third kappa shape index (κ3) is 3.96. The van der Waals surface area contributed by atoms with E-state index in [0.717, 1.165) is 22.5 Å². The third-order valence-electron chi connectivity index (χ3n) is 3.80. The quantitative estimate of drug-likeness (QED) is 0.607. The van der Waals surface area contributed by atoms with Gasteiger partial charge in [0.25, 0.3) is 0 Å². The van der Waals surface area contributed by atoms with E-state index in [2.05, 4.69) is 71.2 Å². The number of benzene rings is 2. The van der Waals surface area contributed by atoms with Crippen LogP contribution in [0.2, 0.25) is 0 Å². The average molecular weight is 369 g/mol. The highest BCUT2D eigenvalue weighted by atomic mass is 32.2. The maximum Gasteiger partial charge on any atom is 0.245 e. The first-order valence-corrected chi connectivity index (χ1v) is 10.3. The normalized spacial score (nSPS) is 10.7. The summed E-state index contributed by atoms with van der Waals surface area (Å²) in [5.41, 5.74) is 3.71. The van der Waals surface area contributed by atoms with E-state index in [1.54, 1.807) is 23.5 Å². The van der Waals surface area contributed by atoms with Gasteiger partial charge in [-0.05, 0) is 36.8 Å². The Morgan fingerprint density at radius 2 is 1.16 bits per heavy atom. The van der Waals surface area contributed by atoms with Crippen LogP contribution in [0.25, 0.3) is 22.5 Å². The molecule has 1 aromatic heterocycles. The molecule has 6 heteroatoms. The second-order valence-corrected chi connectivity index (χ2v) is 7.42. The Labute approximate surface area is 157 Å². The van der Waals surface area contributed by atoms with Crippen molar-refractivity contribution in [2.24, 2.45) is 0 Å². The van der Waals surface area contributed by atoms with Crippen LogP contribution in [-0.2, 0) is 0 Å². The molecule has 0 spiro atoms. The van der Waals surface area contributed by atoms with Gasteiger partial charge in [-0.15, -0.1) is 33.7 Å². The summed E-state index contributed by atoms with van der Waals surface area (Å²) in [6.07, 6.45) is 4.14. The molecule has 0 saturated heterocycles. The number of rotatable bonds is 5. The van der Waals surface area contributed by atoms with E-state index in [0.29, 0.717) is 5.95 Å². The van der Waals surface area contributed by atoms with Crippen molar-refractivity contribution in [1.82, 2.24) is 15.2 Å². The first kappa shape index (κ1) is 17.8. The summed E-state index contributed by atoms with van der Waals surface area (Å²) in [6, 6.07) is 16.8. The summed E-state index contributed by atoms with van der Waals surface area (Å²) in [5.74, 6) is 0.605. The summed E-state index contributed by atoms with van der Waals surface area (Å²) >= 11 is 3.45. The Morgan fingerprint density at radius 1 is 0.680 bits per heavy atom. The van der Waals surface area contributed by atoms with E-state index in [1.807, 2.05) is 19.0 Å². The van der Waals surface area contributed by atoms with Gasteiger partial charge in [0.05, 0.1) is 0 Å². The van der Waals surface area contributed by atoms with E-state index in [9.17, 15) is 0 Å². The largest absolute Gasteiger partial charge is 0.346 e. The molecule has 3 aromatic rings. The summed E-state index contributed by atoms with van der Waals surface area (Å²) in [7, 11) is 3.84. The van der Waals surface area contributed by atoms with Crippen LogP contribution in [0.3, 0.4) is 0 Å². The lowest BCUT2D eigenvalue weighted by Gasteiger charge is -2.14. The van der Waals surface area contributed by atoms with E-state index in [-0.39, 0.29) is 0 Å². The van der Waals surface area contributed by atoms with Crippen LogP contribution in [-0.4, -0.2) is 41.8 Å². The van der Waals surface area contributed by atoms with Crippen molar-refractivity contribution in [2.75, 3.05) is 31.5 Å². The van der Waals surface area contributed by atoms with Crippen LogP contribution in [0.4, 0.5) is 5.95 Å². The first-order valence-electron chi connectivity index (χ1n) is 7.83. The van der Waals surface area contributed by atoms with Gasteiger partial charge in [-0.3, -0.25) is 0 Å². The number of hydrogen-bond donors (Lipinski definition) is 0. The van der Waals surface area contributed by atoms with E-state index < -0.39 is 0 Å². The maximum absolute atomic E-state index is 4.76. The topological polar surface area (TPSA) is 41.9 Å². The standard InChI is InChI=1S/C19H20N4S2/c1-23(2)19-20-17(13-5-9-15(24-3)10-6-13)18(21-22-19)14-7-11-16(25-4)12-8-14/h5-12H,1-4H3. The van der Waals surface area contributed by atoms with Gasteiger partial charge in [0, 0.05) is 35.0 Å². The number of hydrogen-bond acceptors (Lipinski definition) is 6. The lowest BCUT2D eigenvalue weighted by molar-refractivity contribution is 0.915. The second kappa shape index (κ2) is 7.89. The van der Waals surface area contributed by atoms with Crippen LogP contribution in [0.15, 0.2) is 58.3 Å². The van der Waals surface area contributed by atoms with Crippen molar-refractivity contribution in [3.8, 4) is 22.5 Å². The van der Waals surface area contributed by atoms with E-state index in [4.69, 9.17) is 4.98 Å². The molecule has 0 aliphatic rings. The number of thioether (sulfide) groups is 2. The predicted molar refractivity (Wildman–Crippen MR) is 109 cm³/mol. The van der Waals surface area contributed by atoms with E-state index >= 15 is 0 Å². The lowest BCUT2D eigenvalue weighted by atomic mass is 10.0. The van der Waals surface area contributed by atoms with Gasteiger partial charge in [0.1, 0.15) is 11.4 Å². The fraction of sp³-hybridized carbons (Fsp3) is 0.211. The number of nitrogens with zero attached hydrogens (tertiary/aromatic N) is 4. The molecule has 0 saturated carbocycles. The Morgan fingerprint density at radius 3 is 1.60 bits per heavy atom. The zero-order valence-corrected chi connectivity index (χ0v) is 16.4. The number of anilines is 1. The third-order valence-corrected chi connectivity index (χ3v) is 5.29. The Bertz CT molecular complexity index is 846. The average Bonchev–Trinajstić information content (AvgIpc) is 2.67. The molecular weight excluding hydrogens is 348 g/mol. The molecule has 3 rings (SSSR count). The zero-order chi connectivity index (χ0) is 17.8. The molecule has 0 amide bonds. The van der Waals surface area contributed by atoms with Crippen LogP contribution in [0.5, 0.6) is 0 Å². The minimum atomic E-state index is 0.605. The molecule has 0 bridgehead atoms. The Kier molecular flexibility index (Phi) is 5.60. The van der Waals surface area contributed by atoms with Crippen molar-refractivity contribution in [3.05, 3.63) is 48.5 Å². The fourth-order valence-electron chi connectivity index (χ4n) is 2.40. The van der Waals surface area contributed by atoms with Gasteiger partial charge in [-0.1, -0.05) is 24.3 Å². The Hall–Kier alpha value is -2.05. The predicted octanol–water partition coefficient (Wildman–Crippen LogP) is 4.72. The van der Waals surface area contributed by atoms with Gasteiger partial charge >= 0.3 is 0 Å². The van der Waals surface area contributed by atoms with Gasteiger partial charge in [0.2, 0.25) is 5.95 Å². The minimum absolute atomic E-state index is 0.605. The van der Waals surface area contributed by atoms with Crippen molar-refractivity contribution in [1.29, 1.82) is 0 Å². The molecule has 0 radical (unpaired) electrons. The lowest BCUT2D eigenvalue weighted by Crippen LogP contribution is -2.14. The van der Waals surface area contributed by atoms with Crippen LogP contribution >= 0.6 is 23.5 Å². The second-order valence-electron chi connectivity index (χ2n) is 5.66. The highest BCUT2D eigenvalue weighted by Crippen LogP contribution is 2.31. The molecule has 0 unspecified atom stereocenters. The molecule has 4 nitrogen and oxygen atoms in total. The Balaban J connectivity index is 2.12. The van der Waals surface area contributed by atoms with Gasteiger partial charge in [-0.25, -0.2) is 4.98 Å². The molecular formula is C19H20N4S2. The van der Waals surface area contributed by atoms with Crippen molar-refractivity contribution >= 4 is 29.5 Å². The first-order chi connectivity index (χ1) is 12.1. The highest BCUT2D eigenvalue weighted by Gasteiger charge is 2.14. The smallest absolute Gasteiger partial charge is 0.245 e. The molecule has 0 aliphatic carbocycles. The molecule has 1 heterocycles. The van der Waals surface area contributed by atoms with Gasteiger partial charge < -0.3 is 4.90 Å². The number of aromatic nitrogens is 3. The highest BCUT2D eigenvalue weighted by molar-refractivity contribution is 7.98. The zero-order valence-electron chi connectivity index (χ0n) is 14.7. The van der Waals surface area contributed by atoms with E-state index in [1.165, 1.54) is 9.79 Å². The van der Waals surface area contributed by atoms with Crippen molar-refractivity contribution < 1.29 is 0 Å². The van der Waals surface area contributed by atoms with Crippen LogP contribution < -0.4 is 4.90 Å². The minimum Gasteiger partial charge on any atom is -0.346 e. The monoisotopic (exact) mass is 368 g/mol. The van der Waals surface area contributed by atoms with Gasteiger partial charge in [0.15, 0.2) is 0 Å². The van der Waals surface area contributed by atoms with Crippen LogP contribution in [0.1, 0.15) is 0 Å². The molecule has 2 aromatic carbocycles. The fourth-order valence-corrected chi connectivity index (χ4v) is 3.22. The van der Waals surface area contributed by atoms with Crippen molar-refractivity contribution in [3.63, 3.8) is 0 Å². The SMILES string of the molecule is CSc1ccc(-c2nnc(N(C)C)nc2-c2ccc(SC)cc2)cc1. The molecule has 0 fully saturated rings. The summed E-state index contributed by atoms with van der Waals surface area (Å²) in [6.45, 7) is 0. The van der Waals surface area contributed by atoms with Crippen LogP contribution in [0, 0.1) is 0 Å². The molecule has 0 atom stereocenters. The summed E-state index contributed by atoms with van der Waals surface area (Å²) < 4.78 is 0. The molecule has 25 heavy (non-hydrogen) atoms. The van der Waals surface area contributed by atoms with Gasteiger partial charge in [-0.2, -0.15) is 0 Å². The summed E-state index contributed by atoms with van der Waals surface area (Å²) in [5, 5.41) is 8.75. The molecule has 0 aliphatic heterocycles. The van der Waals surface area contributed by atoms with Crippen molar-refractivity contribution in [2.45, 2.75) is 9.79 Å². The maximum atomic E-state index is 4.76. The summed E-state index contributed by atoms with van der Waals surface area (Å²) in [4.78, 5) is 9.07.